The first-order valence-corrected chi connectivity index (χ1v) is 9.61. The second-order valence-corrected chi connectivity index (χ2v) is 6.89. The molecule has 0 unspecified atom stereocenters. The van der Waals surface area contributed by atoms with E-state index in [0.717, 1.165) is 5.82 Å². The van der Waals surface area contributed by atoms with Crippen LogP contribution in [0, 0.1) is 10.1 Å². The van der Waals surface area contributed by atoms with Crippen LogP contribution in [0.3, 0.4) is 0 Å². The topological polar surface area (TPSA) is 135 Å². The van der Waals surface area contributed by atoms with Crippen molar-refractivity contribution in [1.29, 1.82) is 0 Å². The Hall–Kier alpha value is -3.67. The first kappa shape index (κ1) is 19.6. The monoisotopic (exact) mass is 411 g/mol. The smallest absolute Gasteiger partial charge is 0.271 e. The van der Waals surface area contributed by atoms with Crippen molar-refractivity contribution in [3.8, 4) is 0 Å². The number of hydrogen-bond donors (Lipinski definition) is 1. The van der Waals surface area contributed by atoms with Crippen molar-refractivity contribution >= 4 is 34.3 Å². The minimum atomic E-state index is -0.488. The lowest BCUT2D eigenvalue weighted by molar-refractivity contribution is -0.384. The number of benzene rings is 1. The van der Waals surface area contributed by atoms with Gasteiger partial charge in [-0.1, -0.05) is 11.3 Å². The van der Waals surface area contributed by atoms with Gasteiger partial charge in [-0.15, -0.1) is 5.10 Å². The molecule has 0 bridgehead atoms. The van der Waals surface area contributed by atoms with Crippen LogP contribution < -0.4 is 10.2 Å². The summed E-state index contributed by atoms with van der Waals surface area (Å²) < 4.78 is 1.73. The zero-order valence-electron chi connectivity index (χ0n) is 16.4. The maximum absolute atomic E-state index is 12.3. The molecule has 12 nitrogen and oxygen atoms in total. The molecular weight excluding hydrogens is 390 g/mol. The Bertz CT molecular complexity index is 1080. The number of anilines is 2. The van der Waals surface area contributed by atoms with Gasteiger partial charge in [-0.05, 0) is 13.0 Å². The number of amides is 1. The Morgan fingerprint density at radius 3 is 2.77 bits per heavy atom. The highest BCUT2D eigenvalue weighted by molar-refractivity contribution is 5.92. The molecular formula is C18H21N9O3. The Labute approximate surface area is 171 Å². The first-order chi connectivity index (χ1) is 14.5. The second kappa shape index (κ2) is 8.37. The van der Waals surface area contributed by atoms with Gasteiger partial charge in [0.05, 0.1) is 11.5 Å². The molecule has 3 heterocycles. The number of nitro groups is 1. The number of nitrogens with one attached hydrogen (secondary N) is 1. The number of aromatic nitrogens is 5. The van der Waals surface area contributed by atoms with Crippen molar-refractivity contribution < 1.29 is 9.72 Å². The van der Waals surface area contributed by atoms with Crippen molar-refractivity contribution in [2.45, 2.75) is 13.5 Å². The summed E-state index contributed by atoms with van der Waals surface area (Å²) >= 11 is 0. The van der Waals surface area contributed by atoms with Gasteiger partial charge in [0.25, 0.3) is 5.69 Å². The van der Waals surface area contributed by atoms with E-state index in [1.807, 2.05) is 11.8 Å². The van der Waals surface area contributed by atoms with E-state index >= 15 is 0 Å². The zero-order valence-corrected chi connectivity index (χ0v) is 16.4. The highest BCUT2D eigenvalue weighted by Crippen LogP contribution is 2.22. The summed E-state index contributed by atoms with van der Waals surface area (Å²) in [6.07, 6.45) is 1.52. The van der Waals surface area contributed by atoms with E-state index in [1.54, 1.807) is 16.8 Å². The average Bonchev–Trinajstić information content (AvgIpc) is 3.18. The van der Waals surface area contributed by atoms with Crippen LogP contribution in [0.4, 0.5) is 17.2 Å². The molecule has 1 saturated heterocycles. The fourth-order valence-electron chi connectivity index (χ4n) is 3.44. The predicted octanol–water partition coefficient (Wildman–Crippen LogP) is 0.910. The molecule has 1 aliphatic heterocycles. The molecule has 1 fully saturated rings. The van der Waals surface area contributed by atoms with Gasteiger partial charge < -0.3 is 10.2 Å². The maximum Gasteiger partial charge on any atom is 0.271 e. The van der Waals surface area contributed by atoms with Crippen LogP contribution in [0.15, 0.2) is 30.6 Å². The first-order valence-electron chi connectivity index (χ1n) is 9.61. The van der Waals surface area contributed by atoms with E-state index in [2.05, 4.69) is 30.5 Å². The number of nitrogens with zero attached hydrogens (tertiary/aromatic N) is 8. The van der Waals surface area contributed by atoms with Crippen LogP contribution in [0.5, 0.6) is 0 Å². The van der Waals surface area contributed by atoms with Gasteiger partial charge in [0.1, 0.15) is 6.33 Å². The molecule has 0 aliphatic carbocycles. The van der Waals surface area contributed by atoms with Crippen molar-refractivity contribution in [1.82, 2.24) is 29.9 Å². The molecule has 1 aromatic carbocycles. The van der Waals surface area contributed by atoms with Crippen molar-refractivity contribution in [3.05, 3.63) is 40.7 Å². The van der Waals surface area contributed by atoms with Gasteiger partial charge in [0.15, 0.2) is 17.0 Å². The normalized spacial score (nSPS) is 14.8. The van der Waals surface area contributed by atoms with E-state index in [4.69, 9.17) is 0 Å². The van der Waals surface area contributed by atoms with Gasteiger partial charge in [-0.2, -0.15) is 0 Å². The third-order valence-electron chi connectivity index (χ3n) is 4.96. The quantitative estimate of drug-likeness (QED) is 0.464. The summed E-state index contributed by atoms with van der Waals surface area (Å²) in [4.78, 5) is 35.5. The lowest BCUT2D eigenvalue weighted by atomic mass is 10.2. The Morgan fingerprint density at radius 1 is 1.23 bits per heavy atom. The SMILES string of the molecule is CCn1nnc2c(N3CCN(CC(=O)Nc4cccc([N+](=O)[O-])c4)CC3)ncnc21. The summed E-state index contributed by atoms with van der Waals surface area (Å²) in [5, 5.41) is 21.9. The van der Waals surface area contributed by atoms with Gasteiger partial charge >= 0.3 is 0 Å². The Balaban J connectivity index is 1.35. The molecule has 4 rings (SSSR count). The zero-order chi connectivity index (χ0) is 21.1. The van der Waals surface area contributed by atoms with Crippen LogP contribution in [-0.2, 0) is 11.3 Å². The summed E-state index contributed by atoms with van der Waals surface area (Å²) in [6.45, 7) is 5.60. The van der Waals surface area contributed by atoms with E-state index in [1.165, 1.54) is 18.5 Å². The van der Waals surface area contributed by atoms with Gasteiger partial charge in [0.2, 0.25) is 5.91 Å². The minimum Gasteiger partial charge on any atom is -0.352 e. The number of carbonyl (C=O) groups excluding carboxylic acids is 1. The fourth-order valence-corrected chi connectivity index (χ4v) is 3.44. The summed E-state index contributed by atoms with van der Waals surface area (Å²) in [7, 11) is 0. The minimum absolute atomic E-state index is 0.0578. The summed E-state index contributed by atoms with van der Waals surface area (Å²) in [6, 6.07) is 5.91. The number of fused-ring (bicyclic) bond motifs is 1. The average molecular weight is 411 g/mol. The predicted molar refractivity (Wildman–Crippen MR) is 109 cm³/mol. The standard InChI is InChI=1S/C18H21N9O3/c1-2-26-18-16(22-23-26)17(19-12-20-18)25-8-6-24(7-9-25)11-15(28)21-13-4-3-5-14(10-13)27(29)30/h3-5,10,12H,2,6-9,11H2,1H3,(H,21,28). The number of non-ortho nitro benzene ring substituents is 1. The van der Waals surface area contributed by atoms with Crippen LogP contribution in [0.25, 0.3) is 11.2 Å². The van der Waals surface area contributed by atoms with E-state index < -0.39 is 4.92 Å². The molecule has 156 valence electrons. The van der Waals surface area contributed by atoms with Crippen LogP contribution >= 0.6 is 0 Å². The van der Waals surface area contributed by atoms with E-state index in [-0.39, 0.29) is 18.1 Å². The molecule has 0 spiro atoms. The van der Waals surface area contributed by atoms with Gasteiger partial charge in [-0.25, -0.2) is 14.6 Å². The lowest BCUT2D eigenvalue weighted by Gasteiger charge is -2.34. The van der Waals surface area contributed by atoms with Gasteiger partial charge in [0, 0.05) is 50.5 Å². The van der Waals surface area contributed by atoms with Crippen molar-refractivity contribution in [2.24, 2.45) is 0 Å². The van der Waals surface area contributed by atoms with Crippen molar-refractivity contribution in [2.75, 3.05) is 42.9 Å². The molecule has 12 heteroatoms. The van der Waals surface area contributed by atoms with E-state index in [9.17, 15) is 14.9 Å². The van der Waals surface area contributed by atoms with Crippen LogP contribution in [-0.4, -0.2) is 73.4 Å². The largest absolute Gasteiger partial charge is 0.352 e. The molecule has 3 aromatic rings. The number of piperazine rings is 1. The van der Waals surface area contributed by atoms with E-state index in [0.29, 0.717) is 49.6 Å². The maximum atomic E-state index is 12.3. The molecule has 0 atom stereocenters. The third kappa shape index (κ3) is 4.03. The molecule has 1 N–H and O–H groups in total. The fraction of sp³-hybridized carbons (Fsp3) is 0.389. The summed E-state index contributed by atoms with van der Waals surface area (Å²) in [5.41, 5.74) is 1.74. The highest BCUT2D eigenvalue weighted by Gasteiger charge is 2.23. The lowest BCUT2D eigenvalue weighted by Crippen LogP contribution is -2.49. The molecule has 30 heavy (non-hydrogen) atoms. The number of rotatable bonds is 6. The third-order valence-corrected chi connectivity index (χ3v) is 4.96. The molecule has 2 aromatic heterocycles. The number of hydrogen-bond acceptors (Lipinski definition) is 9. The molecule has 1 amide bonds. The number of aryl methyl sites for hydroxylation is 1. The highest BCUT2D eigenvalue weighted by atomic mass is 16.6. The molecule has 0 radical (unpaired) electrons. The number of nitro benzene ring substituents is 1. The van der Waals surface area contributed by atoms with Crippen molar-refractivity contribution in [3.63, 3.8) is 0 Å². The number of carbonyl (C=O) groups is 1. The second-order valence-electron chi connectivity index (χ2n) is 6.89. The van der Waals surface area contributed by atoms with Crippen LogP contribution in [0.1, 0.15) is 6.92 Å². The molecule has 0 saturated carbocycles. The summed E-state index contributed by atoms with van der Waals surface area (Å²) in [5.74, 6) is 0.541. The Morgan fingerprint density at radius 2 is 2.03 bits per heavy atom. The van der Waals surface area contributed by atoms with Gasteiger partial charge in [-0.3, -0.25) is 19.8 Å². The molecule has 1 aliphatic rings. The Kier molecular flexibility index (Phi) is 5.48. The van der Waals surface area contributed by atoms with Crippen LogP contribution in [0.2, 0.25) is 0 Å².